The summed E-state index contributed by atoms with van der Waals surface area (Å²) in [6.45, 7) is 5.06. The summed E-state index contributed by atoms with van der Waals surface area (Å²) in [5, 5.41) is 19.4. The summed E-state index contributed by atoms with van der Waals surface area (Å²) in [6.07, 6.45) is 2.35. The molecule has 6 nitrogen and oxygen atoms in total. The molecule has 0 saturated heterocycles. The second kappa shape index (κ2) is 9.20. The monoisotopic (exact) mass is 331 g/mol. The van der Waals surface area contributed by atoms with Crippen molar-refractivity contribution in [2.45, 2.75) is 19.8 Å². The third kappa shape index (κ3) is 4.66. The average molecular weight is 331 g/mol. The first-order valence-corrected chi connectivity index (χ1v) is 8.34. The van der Waals surface area contributed by atoms with Gasteiger partial charge in [0.15, 0.2) is 0 Å². The van der Waals surface area contributed by atoms with E-state index in [1.165, 1.54) is 4.90 Å². The highest BCUT2D eigenvalue weighted by Gasteiger charge is 2.16. The van der Waals surface area contributed by atoms with E-state index in [0.717, 1.165) is 36.8 Å². The SMILES string of the molecule is CCN(CCO)CCCCN(C(=O)O)c1ccnc2ccccc12. The topological polar surface area (TPSA) is 76.9 Å². The number of anilines is 1. The highest BCUT2D eigenvalue weighted by molar-refractivity contribution is 5.99. The van der Waals surface area contributed by atoms with Crippen LogP contribution >= 0.6 is 0 Å². The van der Waals surface area contributed by atoms with Crippen molar-refractivity contribution in [3.05, 3.63) is 36.5 Å². The molecule has 0 fully saturated rings. The fourth-order valence-electron chi connectivity index (χ4n) is 2.81. The van der Waals surface area contributed by atoms with Gasteiger partial charge in [0.1, 0.15) is 0 Å². The first-order chi connectivity index (χ1) is 11.7. The summed E-state index contributed by atoms with van der Waals surface area (Å²) in [4.78, 5) is 19.5. The molecule has 0 radical (unpaired) electrons. The first kappa shape index (κ1) is 18.2. The predicted octanol–water partition coefficient (Wildman–Crippen LogP) is 2.81. The minimum absolute atomic E-state index is 0.151. The number of unbranched alkanes of at least 4 members (excludes halogenated alkanes) is 1. The van der Waals surface area contributed by atoms with Crippen LogP contribution in [0.1, 0.15) is 19.8 Å². The Morgan fingerprint density at radius 3 is 2.58 bits per heavy atom. The van der Waals surface area contributed by atoms with E-state index < -0.39 is 6.09 Å². The fraction of sp³-hybridized carbons (Fsp3) is 0.444. The van der Waals surface area contributed by atoms with Gasteiger partial charge in [0.2, 0.25) is 0 Å². The van der Waals surface area contributed by atoms with E-state index in [4.69, 9.17) is 5.11 Å². The number of carbonyl (C=O) groups is 1. The van der Waals surface area contributed by atoms with Crippen LogP contribution < -0.4 is 4.90 Å². The predicted molar refractivity (Wildman–Crippen MR) is 95.5 cm³/mol. The van der Waals surface area contributed by atoms with Gasteiger partial charge in [0, 0.05) is 24.7 Å². The smallest absolute Gasteiger partial charge is 0.411 e. The molecule has 1 heterocycles. The summed E-state index contributed by atoms with van der Waals surface area (Å²) < 4.78 is 0. The van der Waals surface area contributed by atoms with Gasteiger partial charge < -0.3 is 15.1 Å². The maximum absolute atomic E-state index is 11.7. The number of rotatable bonds is 9. The van der Waals surface area contributed by atoms with Gasteiger partial charge in [0.25, 0.3) is 0 Å². The van der Waals surface area contributed by atoms with Gasteiger partial charge in [-0.3, -0.25) is 9.88 Å². The number of aliphatic hydroxyl groups excluding tert-OH is 1. The zero-order valence-electron chi connectivity index (χ0n) is 14.1. The Hall–Kier alpha value is -2.18. The van der Waals surface area contributed by atoms with E-state index in [1.807, 2.05) is 24.3 Å². The van der Waals surface area contributed by atoms with Crippen molar-refractivity contribution in [2.24, 2.45) is 0 Å². The third-order valence-electron chi connectivity index (χ3n) is 4.12. The van der Waals surface area contributed by atoms with Crippen molar-refractivity contribution in [2.75, 3.05) is 37.7 Å². The summed E-state index contributed by atoms with van der Waals surface area (Å²) >= 11 is 0. The number of aliphatic hydroxyl groups is 1. The molecule has 0 aliphatic carbocycles. The van der Waals surface area contributed by atoms with Crippen molar-refractivity contribution < 1.29 is 15.0 Å². The number of carboxylic acid groups (broad SMARTS) is 1. The molecule has 1 aromatic heterocycles. The minimum Gasteiger partial charge on any atom is -0.465 e. The second-order valence-electron chi connectivity index (χ2n) is 5.65. The van der Waals surface area contributed by atoms with E-state index in [0.29, 0.717) is 18.8 Å². The van der Waals surface area contributed by atoms with Crippen LogP contribution in [0.25, 0.3) is 10.9 Å². The van der Waals surface area contributed by atoms with Crippen LogP contribution in [0, 0.1) is 0 Å². The highest BCUT2D eigenvalue weighted by atomic mass is 16.4. The normalized spacial score (nSPS) is 11.1. The number of para-hydroxylation sites is 1. The lowest BCUT2D eigenvalue weighted by molar-refractivity contribution is 0.197. The van der Waals surface area contributed by atoms with Crippen LogP contribution in [0.2, 0.25) is 0 Å². The molecule has 0 spiro atoms. The molecular formula is C18H25N3O3. The lowest BCUT2D eigenvalue weighted by Crippen LogP contribution is -2.32. The number of hydrogen-bond acceptors (Lipinski definition) is 4. The molecule has 24 heavy (non-hydrogen) atoms. The Morgan fingerprint density at radius 1 is 1.12 bits per heavy atom. The summed E-state index contributed by atoms with van der Waals surface area (Å²) in [5.74, 6) is 0. The first-order valence-electron chi connectivity index (χ1n) is 8.34. The molecule has 0 aliphatic rings. The van der Waals surface area contributed by atoms with Gasteiger partial charge in [-0.2, -0.15) is 0 Å². The number of aromatic nitrogens is 1. The molecule has 1 aromatic carbocycles. The van der Waals surface area contributed by atoms with Gasteiger partial charge in [-0.05, 0) is 38.1 Å². The Kier molecular flexibility index (Phi) is 6.96. The molecule has 6 heteroatoms. The number of pyridine rings is 1. The number of likely N-dealkylation sites (N-methyl/N-ethyl adjacent to an activating group) is 1. The van der Waals surface area contributed by atoms with E-state index in [9.17, 15) is 9.90 Å². The van der Waals surface area contributed by atoms with Gasteiger partial charge in [-0.25, -0.2) is 4.79 Å². The number of nitrogens with zero attached hydrogens (tertiary/aromatic N) is 3. The van der Waals surface area contributed by atoms with Crippen molar-refractivity contribution in [1.29, 1.82) is 0 Å². The van der Waals surface area contributed by atoms with Gasteiger partial charge in [-0.1, -0.05) is 25.1 Å². The Labute approximate surface area is 142 Å². The van der Waals surface area contributed by atoms with Crippen molar-refractivity contribution in [3.8, 4) is 0 Å². The van der Waals surface area contributed by atoms with E-state index >= 15 is 0 Å². The second-order valence-corrected chi connectivity index (χ2v) is 5.65. The van der Waals surface area contributed by atoms with Gasteiger partial charge >= 0.3 is 6.09 Å². The Bertz CT molecular complexity index is 658. The summed E-state index contributed by atoms with van der Waals surface area (Å²) in [7, 11) is 0. The van der Waals surface area contributed by atoms with Crippen molar-refractivity contribution in [1.82, 2.24) is 9.88 Å². The maximum atomic E-state index is 11.7. The molecule has 1 amide bonds. The lowest BCUT2D eigenvalue weighted by Gasteiger charge is -2.22. The third-order valence-corrected chi connectivity index (χ3v) is 4.12. The van der Waals surface area contributed by atoms with Crippen LogP contribution in [0.15, 0.2) is 36.5 Å². The van der Waals surface area contributed by atoms with E-state index in [2.05, 4.69) is 16.8 Å². The zero-order valence-corrected chi connectivity index (χ0v) is 14.1. The molecule has 0 bridgehead atoms. The van der Waals surface area contributed by atoms with Crippen molar-refractivity contribution >= 4 is 22.7 Å². The molecule has 0 unspecified atom stereocenters. The molecule has 130 valence electrons. The molecule has 0 atom stereocenters. The van der Waals surface area contributed by atoms with Crippen LogP contribution in [0.3, 0.4) is 0 Å². The van der Waals surface area contributed by atoms with Crippen LogP contribution in [-0.4, -0.2) is 59.0 Å². The Balaban J connectivity index is 2.03. The standard InChI is InChI=1S/C18H25N3O3/c1-2-20(13-14-22)11-5-6-12-21(18(23)24)17-9-10-19-16-8-4-3-7-15(16)17/h3-4,7-10,22H,2,5-6,11-14H2,1H3,(H,23,24). The number of benzene rings is 1. The Morgan fingerprint density at radius 2 is 1.88 bits per heavy atom. The molecule has 2 aromatic rings. The van der Waals surface area contributed by atoms with E-state index in [1.54, 1.807) is 12.3 Å². The largest absolute Gasteiger partial charge is 0.465 e. The fourth-order valence-corrected chi connectivity index (χ4v) is 2.81. The molecule has 0 saturated carbocycles. The molecule has 0 aliphatic heterocycles. The number of hydrogen-bond donors (Lipinski definition) is 2. The van der Waals surface area contributed by atoms with Gasteiger partial charge in [0.05, 0.1) is 17.8 Å². The van der Waals surface area contributed by atoms with Crippen LogP contribution in [0.5, 0.6) is 0 Å². The zero-order chi connectivity index (χ0) is 17.4. The van der Waals surface area contributed by atoms with E-state index in [-0.39, 0.29) is 6.61 Å². The molecular weight excluding hydrogens is 306 g/mol. The number of amides is 1. The number of fused-ring (bicyclic) bond motifs is 1. The highest BCUT2D eigenvalue weighted by Crippen LogP contribution is 2.25. The van der Waals surface area contributed by atoms with Crippen LogP contribution in [0.4, 0.5) is 10.5 Å². The minimum atomic E-state index is -0.950. The molecule has 2 N–H and O–H groups in total. The maximum Gasteiger partial charge on any atom is 0.411 e. The molecule has 2 rings (SSSR count). The summed E-state index contributed by atoms with van der Waals surface area (Å²) in [6, 6.07) is 9.31. The van der Waals surface area contributed by atoms with Crippen LogP contribution in [-0.2, 0) is 0 Å². The average Bonchev–Trinajstić information content (AvgIpc) is 2.60. The van der Waals surface area contributed by atoms with Crippen molar-refractivity contribution in [3.63, 3.8) is 0 Å². The lowest BCUT2D eigenvalue weighted by atomic mass is 10.1. The quantitative estimate of drug-likeness (QED) is 0.691. The van der Waals surface area contributed by atoms with Gasteiger partial charge in [-0.15, -0.1) is 0 Å². The summed E-state index contributed by atoms with van der Waals surface area (Å²) in [5.41, 5.74) is 1.47.